The molecule has 1 aliphatic heterocycles. The maximum Gasteiger partial charge on any atom is 0.263 e. The molecule has 5 aromatic rings. The first-order chi connectivity index (χ1) is 21.5. The Kier molecular flexibility index (Phi) is 9.09. The highest BCUT2D eigenvalue weighted by Crippen LogP contribution is 2.21. The van der Waals surface area contributed by atoms with Gasteiger partial charge < -0.3 is 15.0 Å². The summed E-state index contributed by atoms with van der Waals surface area (Å²) in [5, 5.41) is 13.1. The van der Waals surface area contributed by atoms with Crippen LogP contribution in [0, 0.1) is 0 Å². The van der Waals surface area contributed by atoms with Crippen molar-refractivity contribution >= 4 is 39.9 Å². The minimum Gasteiger partial charge on any atom is -0.497 e. The predicted octanol–water partition coefficient (Wildman–Crippen LogP) is 4.02. The molecule has 3 heterocycles. The van der Waals surface area contributed by atoms with Crippen LogP contribution in [0.15, 0.2) is 77.6 Å². The number of carbonyl (C=O) groups is 1. The van der Waals surface area contributed by atoms with Gasteiger partial charge in [-0.25, -0.2) is 0 Å². The Labute approximate surface area is 260 Å². The first-order valence-electron chi connectivity index (χ1n) is 15.0. The van der Waals surface area contributed by atoms with Crippen LogP contribution in [0.3, 0.4) is 0 Å². The topological polar surface area (TPSA) is 97.0 Å². The molecule has 0 atom stereocenters. The van der Waals surface area contributed by atoms with Crippen molar-refractivity contribution in [2.75, 3.05) is 51.3 Å². The lowest BCUT2D eigenvalue weighted by Crippen LogP contribution is -2.47. The molecule has 6 rings (SSSR count). The molecule has 0 bridgehead atoms. The SMILES string of the molecule is COc1ccc(N2CCN(CCCNC(=O)CCc3nnc4n(Cc5ccc(Cl)cc5)c(=O)c5ccccc5n34)CC2)cc1. The molecule has 1 fully saturated rings. The second-order valence-corrected chi connectivity index (χ2v) is 11.5. The van der Waals surface area contributed by atoms with Crippen LogP contribution in [0.2, 0.25) is 5.02 Å². The Morgan fingerprint density at radius 1 is 0.955 bits per heavy atom. The lowest BCUT2D eigenvalue weighted by Gasteiger charge is -2.36. The van der Waals surface area contributed by atoms with Crippen LogP contribution in [0.25, 0.3) is 16.7 Å². The zero-order valence-electron chi connectivity index (χ0n) is 24.8. The molecule has 44 heavy (non-hydrogen) atoms. The summed E-state index contributed by atoms with van der Waals surface area (Å²) >= 11 is 6.06. The fraction of sp³-hybridized carbons (Fsp3) is 0.333. The molecule has 0 radical (unpaired) electrons. The molecule has 0 saturated carbocycles. The standard InChI is InChI=1S/C33H36ClN7O3/c1-44-27-13-11-26(12-14-27)39-21-19-38(20-22-39)18-4-17-35-31(42)16-15-30-36-37-33-40(23-24-7-9-25(34)10-8-24)32(43)28-5-2-3-6-29(28)41(30)33/h2-3,5-14H,4,15-23H2,1H3,(H,35,42). The van der Waals surface area contributed by atoms with Gasteiger partial charge in [0.05, 0.1) is 24.6 Å². The molecule has 0 aliphatic carbocycles. The molecule has 11 heteroatoms. The number of rotatable bonds is 11. The van der Waals surface area contributed by atoms with Gasteiger partial charge in [0.1, 0.15) is 11.6 Å². The highest BCUT2D eigenvalue weighted by atomic mass is 35.5. The van der Waals surface area contributed by atoms with E-state index in [0.29, 0.717) is 41.5 Å². The zero-order valence-corrected chi connectivity index (χ0v) is 25.5. The number of aromatic nitrogens is 4. The Morgan fingerprint density at radius 3 is 2.45 bits per heavy atom. The van der Waals surface area contributed by atoms with Crippen LogP contribution in [0.4, 0.5) is 5.69 Å². The van der Waals surface area contributed by atoms with E-state index in [1.54, 1.807) is 23.8 Å². The van der Waals surface area contributed by atoms with Gasteiger partial charge in [-0.05, 0) is 67.1 Å². The Bertz CT molecular complexity index is 1790. The molecule has 0 unspecified atom stereocenters. The maximum atomic E-state index is 13.4. The van der Waals surface area contributed by atoms with E-state index in [4.69, 9.17) is 16.3 Å². The van der Waals surface area contributed by atoms with E-state index >= 15 is 0 Å². The number of methoxy groups -OCH3 is 1. The van der Waals surface area contributed by atoms with Gasteiger partial charge in [-0.15, -0.1) is 10.2 Å². The fourth-order valence-electron chi connectivity index (χ4n) is 5.76. The number of amides is 1. The summed E-state index contributed by atoms with van der Waals surface area (Å²) in [5.74, 6) is 1.94. The zero-order chi connectivity index (χ0) is 30.5. The summed E-state index contributed by atoms with van der Waals surface area (Å²) in [4.78, 5) is 31.0. The van der Waals surface area contributed by atoms with E-state index in [0.717, 1.165) is 56.0 Å². The molecule has 1 aliphatic rings. The molecule has 228 valence electrons. The number of halogens is 1. The minimum absolute atomic E-state index is 0.0233. The number of anilines is 1. The number of nitrogens with zero attached hydrogens (tertiary/aromatic N) is 6. The third-order valence-corrected chi connectivity index (χ3v) is 8.44. The first-order valence-corrected chi connectivity index (χ1v) is 15.4. The van der Waals surface area contributed by atoms with Crippen molar-refractivity contribution in [1.29, 1.82) is 0 Å². The van der Waals surface area contributed by atoms with Gasteiger partial charge in [-0.3, -0.25) is 23.5 Å². The normalized spacial score (nSPS) is 13.9. The molecule has 2 aromatic heterocycles. The third-order valence-electron chi connectivity index (χ3n) is 8.19. The van der Waals surface area contributed by atoms with Gasteiger partial charge >= 0.3 is 0 Å². The Morgan fingerprint density at radius 2 is 1.70 bits per heavy atom. The average molecular weight is 614 g/mol. The fourth-order valence-corrected chi connectivity index (χ4v) is 5.88. The summed E-state index contributed by atoms with van der Waals surface area (Å²) in [6.45, 7) is 5.86. The predicted molar refractivity (Wildman–Crippen MR) is 173 cm³/mol. The number of nitrogens with one attached hydrogen (secondary N) is 1. The Balaban J connectivity index is 1.02. The van der Waals surface area contributed by atoms with Gasteiger partial charge in [0.15, 0.2) is 0 Å². The Hall–Kier alpha value is -4.41. The van der Waals surface area contributed by atoms with Gasteiger partial charge in [0, 0.05) is 56.3 Å². The summed E-state index contributed by atoms with van der Waals surface area (Å²) in [7, 11) is 1.68. The van der Waals surface area contributed by atoms with Crippen LogP contribution < -0.4 is 20.5 Å². The van der Waals surface area contributed by atoms with Crippen LogP contribution in [-0.2, 0) is 17.8 Å². The number of ether oxygens (including phenoxy) is 1. The summed E-state index contributed by atoms with van der Waals surface area (Å²) < 4.78 is 8.78. The quantitative estimate of drug-likeness (QED) is 0.225. The number of fused-ring (bicyclic) bond motifs is 3. The number of carbonyl (C=O) groups excluding carboxylic acids is 1. The van der Waals surface area contributed by atoms with E-state index in [1.165, 1.54) is 5.69 Å². The van der Waals surface area contributed by atoms with E-state index in [9.17, 15) is 9.59 Å². The molecular formula is C33H36ClN7O3. The number of benzene rings is 3. The molecule has 3 aromatic carbocycles. The highest BCUT2D eigenvalue weighted by molar-refractivity contribution is 6.30. The summed E-state index contributed by atoms with van der Waals surface area (Å²) in [5.41, 5.74) is 2.74. The molecule has 1 amide bonds. The first kappa shape index (κ1) is 29.7. The second kappa shape index (κ2) is 13.5. The number of hydrogen-bond acceptors (Lipinski definition) is 7. The van der Waals surface area contributed by atoms with Crippen molar-refractivity contribution in [3.63, 3.8) is 0 Å². The number of hydrogen-bond donors (Lipinski definition) is 1. The van der Waals surface area contributed by atoms with E-state index in [2.05, 4.69) is 37.4 Å². The highest BCUT2D eigenvalue weighted by Gasteiger charge is 2.19. The molecule has 0 spiro atoms. The molecule has 1 saturated heterocycles. The van der Waals surface area contributed by atoms with Gasteiger partial charge in [0.25, 0.3) is 5.56 Å². The lowest BCUT2D eigenvalue weighted by atomic mass is 10.2. The van der Waals surface area contributed by atoms with Crippen LogP contribution >= 0.6 is 11.6 Å². The molecule has 1 N–H and O–H groups in total. The smallest absolute Gasteiger partial charge is 0.263 e. The maximum absolute atomic E-state index is 13.4. The van der Waals surface area contributed by atoms with E-state index in [1.807, 2.05) is 52.9 Å². The minimum atomic E-state index is -0.137. The number of para-hydroxylation sites is 1. The third kappa shape index (κ3) is 6.56. The van der Waals surface area contributed by atoms with E-state index in [-0.39, 0.29) is 17.9 Å². The average Bonchev–Trinajstić information content (AvgIpc) is 3.49. The number of aryl methyl sites for hydroxylation is 1. The van der Waals surface area contributed by atoms with Crippen molar-refractivity contribution < 1.29 is 9.53 Å². The summed E-state index contributed by atoms with van der Waals surface area (Å²) in [6.07, 6.45) is 1.58. The van der Waals surface area contributed by atoms with Gasteiger partial charge in [-0.2, -0.15) is 0 Å². The van der Waals surface area contributed by atoms with Crippen LogP contribution in [-0.4, -0.2) is 76.4 Å². The molecule has 10 nitrogen and oxygen atoms in total. The van der Waals surface area contributed by atoms with Gasteiger partial charge in [0.2, 0.25) is 11.7 Å². The van der Waals surface area contributed by atoms with Crippen LogP contribution in [0.5, 0.6) is 5.75 Å². The second-order valence-electron chi connectivity index (χ2n) is 11.0. The van der Waals surface area contributed by atoms with Crippen molar-refractivity contribution in [1.82, 2.24) is 29.4 Å². The number of piperazine rings is 1. The lowest BCUT2D eigenvalue weighted by molar-refractivity contribution is -0.121. The van der Waals surface area contributed by atoms with Crippen LogP contribution in [0.1, 0.15) is 24.2 Å². The monoisotopic (exact) mass is 613 g/mol. The largest absolute Gasteiger partial charge is 0.497 e. The summed E-state index contributed by atoms with van der Waals surface area (Å²) in [6, 6.07) is 23.0. The van der Waals surface area contributed by atoms with Crippen molar-refractivity contribution in [2.24, 2.45) is 0 Å². The van der Waals surface area contributed by atoms with E-state index < -0.39 is 0 Å². The van der Waals surface area contributed by atoms with Crippen molar-refractivity contribution in [2.45, 2.75) is 25.8 Å². The van der Waals surface area contributed by atoms with Gasteiger partial charge in [-0.1, -0.05) is 35.9 Å². The van der Waals surface area contributed by atoms with Crippen molar-refractivity contribution in [3.05, 3.63) is 99.6 Å². The van der Waals surface area contributed by atoms with Crippen molar-refractivity contribution in [3.8, 4) is 5.75 Å². The molecular weight excluding hydrogens is 578 g/mol.